The topological polar surface area (TPSA) is 21.1 Å². The first kappa shape index (κ1) is 14.7. The summed E-state index contributed by atoms with van der Waals surface area (Å²) < 4.78 is 2.40. The molecule has 3 heterocycles. The third-order valence-corrected chi connectivity index (χ3v) is 5.18. The molecule has 1 atom stereocenters. The molecule has 0 saturated heterocycles. The highest BCUT2D eigenvalue weighted by molar-refractivity contribution is 6.31. The van der Waals surface area contributed by atoms with Crippen molar-refractivity contribution in [1.29, 1.82) is 0 Å². The standard InChI is InChI=1S/C19H20ClN3/c1-3-17-19-15(8-11-22(17)2)16-12-13(20)4-5-18(16)23(19)14-6-9-21-10-7-14/h4-7,9-10,12,17H,3,8,11H2,1-2H3. The van der Waals surface area contributed by atoms with Crippen LogP contribution in [-0.4, -0.2) is 28.0 Å². The first-order chi connectivity index (χ1) is 11.2. The normalized spacial score (nSPS) is 18.3. The average molecular weight is 326 g/mol. The van der Waals surface area contributed by atoms with Crippen LogP contribution >= 0.6 is 11.6 Å². The average Bonchev–Trinajstić information content (AvgIpc) is 2.89. The first-order valence-electron chi connectivity index (χ1n) is 8.14. The van der Waals surface area contributed by atoms with Crippen molar-refractivity contribution in [3.63, 3.8) is 0 Å². The van der Waals surface area contributed by atoms with Crippen molar-refractivity contribution >= 4 is 22.5 Å². The van der Waals surface area contributed by atoms with E-state index in [4.69, 9.17) is 11.6 Å². The van der Waals surface area contributed by atoms with Crippen molar-refractivity contribution in [1.82, 2.24) is 14.5 Å². The molecule has 3 aromatic rings. The Balaban J connectivity index is 2.10. The Morgan fingerprint density at radius 3 is 2.74 bits per heavy atom. The van der Waals surface area contributed by atoms with Gasteiger partial charge in [0, 0.05) is 40.7 Å². The largest absolute Gasteiger partial charge is 0.312 e. The van der Waals surface area contributed by atoms with Gasteiger partial charge in [0.25, 0.3) is 0 Å². The SMILES string of the molecule is CCC1c2c(c3cc(Cl)ccc3n2-c2ccncc2)CCN1C. The van der Waals surface area contributed by atoms with E-state index in [0.717, 1.165) is 24.4 Å². The quantitative estimate of drug-likeness (QED) is 0.685. The highest BCUT2D eigenvalue weighted by Crippen LogP contribution is 2.40. The predicted octanol–water partition coefficient (Wildman–Crippen LogP) is 4.62. The molecule has 0 spiro atoms. The van der Waals surface area contributed by atoms with Gasteiger partial charge in [-0.2, -0.15) is 0 Å². The van der Waals surface area contributed by atoms with Crippen LogP contribution in [-0.2, 0) is 6.42 Å². The van der Waals surface area contributed by atoms with Crippen LogP contribution in [0.1, 0.15) is 30.6 Å². The summed E-state index contributed by atoms with van der Waals surface area (Å²) in [6, 6.07) is 10.8. The summed E-state index contributed by atoms with van der Waals surface area (Å²) in [5.74, 6) is 0. The lowest BCUT2D eigenvalue weighted by molar-refractivity contribution is 0.219. The number of halogens is 1. The molecule has 0 amide bonds. The molecule has 23 heavy (non-hydrogen) atoms. The van der Waals surface area contributed by atoms with E-state index in [1.54, 1.807) is 0 Å². The highest BCUT2D eigenvalue weighted by atomic mass is 35.5. The summed E-state index contributed by atoms with van der Waals surface area (Å²) in [5, 5.41) is 2.09. The molecule has 0 fully saturated rings. The van der Waals surface area contributed by atoms with Gasteiger partial charge in [0.05, 0.1) is 11.6 Å². The second-order valence-corrected chi connectivity index (χ2v) is 6.66. The molecule has 1 aliphatic rings. The number of benzene rings is 1. The van der Waals surface area contributed by atoms with Crippen LogP contribution < -0.4 is 0 Å². The Labute approximate surface area is 141 Å². The molecule has 0 saturated carbocycles. The maximum atomic E-state index is 6.29. The van der Waals surface area contributed by atoms with Crippen LogP contribution in [0.3, 0.4) is 0 Å². The van der Waals surface area contributed by atoms with Gasteiger partial charge in [-0.25, -0.2) is 0 Å². The molecule has 4 rings (SSSR count). The van der Waals surface area contributed by atoms with Crippen molar-refractivity contribution in [3.8, 4) is 5.69 Å². The lowest BCUT2D eigenvalue weighted by Gasteiger charge is -2.33. The number of nitrogens with zero attached hydrogens (tertiary/aromatic N) is 3. The van der Waals surface area contributed by atoms with Crippen LogP contribution in [0.2, 0.25) is 5.02 Å². The van der Waals surface area contributed by atoms with Crippen LogP contribution in [0, 0.1) is 0 Å². The van der Waals surface area contributed by atoms with Gasteiger partial charge in [0.1, 0.15) is 0 Å². The fourth-order valence-corrected chi connectivity index (χ4v) is 4.06. The van der Waals surface area contributed by atoms with E-state index in [0.29, 0.717) is 6.04 Å². The van der Waals surface area contributed by atoms with Crippen LogP contribution in [0.15, 0.2) is 42.7 Å². The fourth-order valence-electron chi connectivity index (χ4n) is 3.89. The molecule has 1 aliphatic heterocycles. The maximum Gasteiger partial charge on any atom is 0.0536 e. The Kier molecular flexibility index (Phi) is 3.63. The molecule has 0 radical (unpaired) electrons. The molecule has 0 aliphatic carbocycles. The van der Waals surface area contributed by atoms with Crippen LogP contribution in [0.25, 0.3) is 16.6 Å². The van der Waals surface area contributed by atoms with Crippen molar-refractivity contribution in [2.24, 2.45) is 0 Å². The van der Waals surface area contributed by atoms with Crippen molar-refractivity contribution < 1.29 is 0 Å². The van der Waals surface area contributed by atoms with E-state index in [9.17, 15) is 0 Å². The van der Waals surface area contributed by atoms with Crippen LogP contribution in [0.5, 0.6) is 0 Å². The number of rotatable bonds is 2. The number of aromatic nitrogens is 2. The van der Waals surface area contributed by atoms with Crippen molar-refractivity contribution in [2.45, 2.75) is 25.8 Å². The van der Waals surface area contributed by atoms with Gasteiger partial charge in [-0.05, 0) is 55.8 Å². The summed E-state index contributed by atoms with van der Waals surface area (Å²) in [7, 11) is 2.22. The van der Waals surface area contributed by atoms with Gasteiger partial charge in [0.15, 0.2) is 0 Å². The molecular weight excluding hydrogens is 306 g/mol. The van der Waals surface area contributed by atoms with Gasteiger partial charge in [-0.3, -0.25) is 9.88 Å². The molecule has 4 heteroatoms. The fraction of sp³-hybridized carbons (Fsp3) is 0.316. The third kappa shape index (κ3) is 2.27. The molecule has 3 nitrogen and oxygen atoms in total. The van der Waals surface area contributed by atoms with E-state index in [-0.39, 0.29) is 0 Å². The first-order valence-corrected chi connectivity index (χ1v) is 8.52. The monoisotopic (exact) mass is 325 g/mol. The highest BCUT2D eigenvalue weighted by Gasteiger charge is 2.30. The summed E-state index contributed by atoms with van der Waals surface area (Å²) in [6.45, 7) is 3.35. The number of hydrogen-bond donors (Lipinski definition) is 0. The Hall–Kier alpha value is -1.84. The minimum absolute atomic E-state index is 0.429. The number of pyridine rings is 1. The lowest BCUT2D eigenvalue weighted by atomic mass is 9.96. The minimum atomic E-state index is 0.429. The molecule has 1 unspecified atom stereocenters. The predicted molar refractivity (Wildman–Crippen MR) is 95.4 cm³/mol. The molecule has 1 aromatic carbocycles. The molecular formula is C19H20ClN3. The summed E-state index contributed by atoms with van der Waals surface area (Å²) in [6.07, 6.45) is 5.88. The second-order valence-electron chi connectivity index (χ2n) is 6.22. The smallest absolute Gasteiger partial charge is 0.0536 e. The number of fused-ring (bicyclic) bond motifs is 3. The van der Waals surface area contributed by atoms with Gasteiger partial charge in [-0.1, -0.05) is 18.5 Å². The summed E-state index contributed by atoms with van der Waals surface area (Å²) >= 11 is 6.29. The maximum absolute atomic E-state index is 6.29. The Morgan fingerprint density at radius 2 is 2.00 bits per heavy atom. The molecule has 0 N–H and O–H groups in total. The van der Waals surface area contributed by atoms with Gasteiger partial charge < -0.3 is 4.57 Å². The minimum Gasteiger partial charge on any atom is -0.312 e. The molecule has 2 aromatic heterocycles. The Bertz CT molecular complexity index is 854. The van der Waals surface area contributed by atoms with E-state index in [2.05, 4.69) is 52.7 Å². The van der Waals surface area contributed by atoms with Gasteiger partial charge in [0.2, 0.25) is 0 Å². The molecule has 0 bridgehead atoms. The molecule has 118 valence electrons. The van der Waals surface area contributed by atoms with Crippen molar-refractivity contribution in [3.05, 3.63) is 59.0 Å². The number of likely N-dealkylation sites (N-methyl/N-ethyl adjacent to an activating group) is 1. The number of hydrogen-bond acceptors (Lipinski definition) is 2. The zero-order valence-electron chi connectivity index (χ0n) is 13.5. The van der Waals surface area contributed by atoms with E-state index in [1.807, 2.05) is 18.5 Å². The van der Waals surface area contributed by atoms with Gasteiger partial charge in [-0.15, -0.1) is 0 Å². The second kappa shape index (κ2) is 5.66. The van der Waals surface area contributed by atoms with E-state index in [1.165, 1.54) is 27.8 Å². The third-order valence-electron chi connectivity index (χ3n) is 4.94. The summed E-state index contributed by atoms with van der Waals surface area (Å²) in [5.41, 5.74) is 5.26. The Morgan fingerprint density at radius 1 is 1.22 bits per heavy atom. The van der Waals surface area contributed by atoms with Gasteiger partial charge >= 0.3 is 0 Å². The lowest BCUT2D eigenvalue weighted by Crippen LogP contribution is -2.32. The van der Waals surface area contributed by atoms with Crippen LogP contribution in [0.4, 0.5) is 0 Å². The van der Waals surface area contributed by atoms with Crippen molar-refractivity contribution in [2.75, 3.05) is 13.6 Å². The van der Waals surface area contributed by atoms with E-state index >= 15 is 0 Å². The summed E-state index contributed by atoms with van der Waals surface area (Å²) in [4.78, 5) is 6.63. The zero-order valence-corrected chi connectivity index (χ0v) is 14.2. The zero-order chi connectivity index (χ0) is 16.0. The van der Waals surface area contributed by atoms with E-state index < -0.39 is 0 Å².